The summed E-state index contributed by atoms with van der Waals surface area (Å²) in [5.41, 5.74) is 1.58. The van der Waals surface area contributed by atoms with Gasteiger partial charge in [0, 0.05) is 30.7 Å². The molecule has 4 nitrogen and oxygen atoms in total. The van der Waals surface area contributed by atoms with Gasteiger partial charge in [0.2, 0.25) is 0 Å². The van der Waals surface area contributed by atoms with E-state index in [1.54, 1.807) is 41.5 Å². The van der Waals surface area contributed by atoms with Gasteiger partial charge >= 0.3 is 5.97 Å². The Labute approximate surface area is 133 Å². The largest absolute Gasteiger partial charge is 0.478 e. The first-order valence-corrected chi connectivity index (χ1v) is 8.99. The highest BCUT2D eigenvalue weighted by Crippen LogP contribution is 2.45. The zero-order chi connectivity index (χ0) is 15.4. The Kier molecular flexibility index (Phi) is 5.58. The molecule has 6 heteroatoms. The van der Waals surface area contributed by atoms with Crippen LogP contribution in [0.5, 0.6) is 0 Å². The van der Waals surface area contributed by atoms with Crippen LogP contribution in [0.15, 0.2) is 18.2 Å². The number of aromatic carboxylic acids is 1. The van der Waals surface area contributed by atoms with Crippen LogP contribution in [-0.4, -0.2) is 47.0 Å². The number of hydrogen-bond donors (Lipinski definition) is 1. The maximum atomic E-state index is 12.4. The molecule has 1 aromatic rings. The molecule has 1 amide bonds. The molecule has 1 aliphatic rings. The molecular formula is C15H19NO3S2. The SMILES string of the molecule is CCCN(C)C(=O)c1cc(C(=O)O)cc(C2SCCS2)c1. The number of thioether (sulfide) groups is 2. The molecular weight excluding hydrogens is 306 g/mol. The molecule has 0 atom stereocenters. The third-order valence-electron chi connectivity index (χ3n) is 3.25. The summed E-state index contributed by atoms with van der Waals surface area (Å²) in [4.78, 5) is 25.3. The van der Waals surface area contributed by atoms with Crippen molar-refractivity contribution in [2.45, 2.75) is 17.9 Å². The van der Waals surface area contributed by atoms with Crippen molar-refractivity contribution in [1.29, 1.82) is 0 Å². The van der Waals surface area contributed by atoms with Crippen LogP contribution in [0, 0.1) is 0 Å². The topological polar surface area (TPSA) is 57.6 Å². The molecule has 0 bridgehead atoms. The molecule has 0 aromatic heterocycles. The van der Waals surface area contributed by atoms with Crippen molar-refractivity contribution in [3.63, 3.8) is 0 Å². The predicted molar refractivity (Wildman–Crippen MR) is 88.3 cm³/mol. The van der Waals surface area contributed by atoms with E-state index in [1.165, 1.54) is 6.07 Å². The number of nitrogens with zero attached hydrogens (tertiary/aromatic N) is 1. The van der Waals surface area contributed by atoms with Gasteiger partial charge in [0.1, 0.15) is 0 Å². The van der Waals surface area contributed by atoms with E-state index in [1.807, 2.05) is 13.0 Å². The molecule has 2 rings (SSSR count). The number of amides is 1. The van der Waals surface area contributed by atoms with Gasteiger partial charge in [0.05, 0.1) is 10.1 Å². The average molecular weight is 325 g/mol. The van der Waals surface area contributed by atoms with E-state index >= 15 is 0 Å². The summed E-state index contributed by atoms with van der Waals surface area (Å²) in [6, 6.07) is 5.01. The number of carboxylic acid groups (broad SMARTS) is 1. The van der Waals surface area contributed by atoms with E-state index in [4.69, 9.17) is 0 Å². The third-order valence-corrected chi connectivity index (χ3v) is 6.35. The summed E-state index contributed by atoms with van der Waals surface area (Å²) in [5, 5.41) is 9.26. The highest BCUT2D eigenvalue weighted by atomic mass is 32.2. The van der Waals surface area contributed by atoms with Crippen LogP contribution >= 0.6 is 23.5 Å². The first-order valence-electron chi connectivity index (χ1n) is 6.90. The summed E-state index contributed by atoms with van der Waals surface area (Å²) < 4.78 is 0.229. The van der Waals surface area contributed by atoms with Crippen LogP contribution in [-0.2, 0) is 0 Å². The summed E-state index contributed by atoms with van der Waals surface area (Å²) in [6.45, 7) is 2.67. The number of carbonyl (C=O) groups excluding carboxylic acids is 1. The fourth-order valence-corrected chi connectivity index (χ4v) is 5.06. The van der Waals surface area contributed by atoms with Crippen LogP contribution in [0.2, 0.25) is 0 Å². The second-order valence-corrected chi connectivity index (χ2v) is 7.67. The van der Waals surface area contributed by atoms with Crippen molar-refractivity contribution >= 4 is 35.4 Å². The van der Waals surface area contributed by atoms with E-state index in [9.17, 15) is 14.7 Å². The molecule has 1 fully saturated rings. The van der Waals surface area contributed by atoms with Crippen LogP contribution in [0.1, 0.15) is 44.2 Å². The second kappa shape index (κ2) is 7.22. The minimum absolute atomic E-state index is 0.116. The smallest absolute Gasteiger partial charge is 0.335 e. The first kappa shape index (κ1) is 16.2. The Morgan fingerprint density at radius 1 is 1.24 bits per heavy atom. The number of carbonyl (C=O) groups is 2. The molecule has 1 N–H and O–H groups in total. The lowest BCUT2D eigenvalue weighted by molar-refractivity contribution is 0.0696. The number of benzene rings is 1. The van der Waals surface area contributed by atoms with Crippen molar-refractivity contribution in [1.82, 2.24) is 4.90 Å². The minimum atomic E-state index is -0.989. The van der Waals surface area contributed by atoms with E-state index in [2.05, 4.69) is 0 Å². The molecule has 114 valence electrons. The summed E-state index contributed by atoms with van der Waals surface area (Å²) in [7, 11) is 1.75. The lowest BCUT2D eigenvalue weighted by atomic mass is 10.1. The van der Waals surface area contributed by atoms with Gasteiger partial charge in [0.25, 0.3) is 5.91 Å². The number of carboxylic acids is 1. The van der Waals surface area contributed by atoms with Crippen LogP contribution in [0.25, 0.3) is 0 Å². The Morgan fingerprint density at radius 2 is 1.86 bits per heavy atom. The molecule has 1 aromatic carbocycles. The van der Waals surface area contributed by atoms with Gasteiger partial charge in [-0.1, -0.05) is 6.92 Å². The lowest BCUT2D eigenvalue weighted by Crippen LogP contribution is -2.27. The Bertz CT molecular complexity index is 542. The van der Waals surface area contributed by atoms with Gasteiger partial charge in [-0.25, -0.2) is 4.79 Å². The van der Waals surface area contributed by atoms with Crippen LogP contribution in [0.4, 0.5) is 0 Å². The van der Waals surface area contributed by atoms with Gasteiger partial charge in [-0.2, -0.15) is 0 Å². The van der Waals surface area contributed by atoms with E-state index in [0.29, 0.717) is 12.1 Å². The number of rotatable bonds is 5. The van der Waals surface area contributed by atoms with E-state index in [-0.39, 0.29) is 16.1 Å². The molecule has 0 aliphatic carbocycles. The predicted octanol–water partition coefficient (Wildman–Crippen LogP) is 3.35. The molecule has 1 saturated heterocycles. The molecule has 0 unspecified atom stereocenters. The highest BCUT2D eigenvalue weighted by molar-refractivity contribution is 8.19. The zero-order valence-electron chi connectivity index (χ0n) is 12.2. The average Bonchev–Trinajstić information content (AvgIpc) is 3.00. The molecule has 21 heavy (non-hydrogen) atoms. The molecule has 0 saturated carbocycles. The van der Waals surface area contributed by atoms with Gasteiger partial charge < -0.3 is 10.0 Å². The van der Waals surface area contributed by atoms with Crippen molar-refractivity contribution in [3.05, 3.63) is 34.9 Å². The fraction of sp³-hybridized carbons (Fsp3) is 0.467. The normalized spacial score (nSPS) is 15.1. The quantitative estimate of drug-likeness (QED) is 0.900. The molecule has 0 spiro atoms. The van der Waals surface area contributed by atoms with Crippen LogP contribution in [0.3, 0.4) is 0 Å². The summed E-state index contributed by atoms with van der Waals surface area (Å²) >= 11 is 3.60. The second-order valence-electron chi connectivity index (χ2n) is 4.95. The van der Waals surface area contributed by atoms with Gasteiger partial charge in [-0.05, 0) is 30.2 Å². The molecule has 1 aliphatic heterocycles. The third kappa shape index (κ3) is 3.95. The Balaban J connectivity index is 2.35. The standard InChI is InChI=1S/C15H19NO3S2/c1-3-4-16(2)13(17)10-7-11(14(18)19)9-12(8-10)15-20-5-6-21-15/h7-9,15H,3-6H2,1-2H3,(H,18,19). The summed E-state index contributed by atoms with van der Waals surface area (Å²) in [6.07, 6.45) is 0.877. The van der Waals surface area contributed by atoms with Crippen molar-refractivity contribution < 1.29 is 14.7 Å². The Hall–Kier alpha value is -1.14. The molecule has 0 radical (unpaired) electrons. The minimum Gasteiger partial charge on any atom is -0.478 e. The van der Waals surface area contributed by atoms with Gasteiger partial charge in [-0.3, -0.25) is 4.79 Å². The first-order chi connectivity index (χ1) is 10.0. The van der Waals surface area contributed by atoms with Gasteiger partial charge in [-0.15, -0.1) is 23.5 Å². The highest BCUT2D eigenvalue weighted by Gasteiger charge is 2.22. The lowest BCUT2D eigenvalue weighted by Gasteiger charge is -2.18. The summed E-state index contributed by atoms with van der Waals surface area (Å²) in [5.74, 6) is 1.02. The van der Waals surface area contributed by atoms with E-state index in [0.717, 1.165) is 23.5 Å². The maximum Gasteiger partial charge on any atom is 0.335 e. The maximum absolute atomic E-state index is 12.4. The molecule has 1 heterocycles. The van der Waals surface area contributed by atoms with Crippen molar-refractivity contribution in [2.75, 3.05) is 25.1 Å². The van der Waals surface area contributed by atoms with Crippen molar-refractivity contribution in [2.24, 2.45) is 0 Å². The Morgan fingerprint density at radius 3 is 2.43 bits per heavy atom. The van der Waals surface area contributed by atoms with Crippen LogP contribution < -0.4 is 0 Å². The van der Waals surface area contributed by atoms with E-state index < -0.39 is 5.97 Å². The van der Waals surface area contributed by atoms with Gasteiger partial charge in [0.15, 0.2) is 0 Å². The number of hydrogen-bond acceptors (Lipinski definition) is 4. The van der Waals surface area contributed by atoms with Crippen molar-refractivity contribution in [3.8, 4) is 0 Å². The fourth-order valence-electron chi connectivity index (χ4n) is 2.24. The monoisotopic (exact) mass is 325 g/mol. The zero-order valence-corrected chi connectivity index (χ0v) is 13.8.